The molecule has 1 fully saturated rings. The second-order valence-electron chi connectivity index (χ2n) is 5.30. The van der Waals surface area contributed by atoms with Gasteiger partial charge in [0.1, 0.15) is 0 Å². The van der Waals surface area contributed by atoms with Crippen LogP contribution in [0.5, 0.6) is 0 Å². The average molecular weight is 307 g/mol. The molecule has 0 radical (unpaired) electrons. The van der Waals surface area contributed by atoms with Crippen LogP contribution in [0.4, 0.5) is 5.69 Å². The first kappa shape index (κ1) is 15.4. The van der Waals surface area contributed by atoms with Gasteiger partial charge in [-0.05, 0) is 38.0 Å². The van der Waals surface area contributed by atoms with Crippen molar-refractivity contribution < 1.29 is 13.2 Å². The average Bonchev–Trinajstić information content (AvgIpc) is 3.12. The number of carbonyl (C=O) groups excluding carboxylic acids is 1. The number of benzene rings is 1. The van der Waals surface area contributed by atoms with Crippen LogP contribution in [0.25, 0.3) is 0 Å². The summed E-state index contributed by atoms with van der Waals surface area (Å²) in [5.41, 5.74) is 5.42. The minimum absolute atomic E-state index is 0.00989. The highest BCUT2D eigenvalue weighted by Gasteiger charge is 2.41. The van der Waals surface area contributed by atoms with Crippen LogP contribution in [0.3, 0.4) is 0 Å². The van der Waals surface area contributed by atoms with Crippen LogP contribution in [0.2, 0.25) is 0 Å². The summed E-state index contributed by atoms with van der Waals surface area (Å²) in [5, 5.41) is 2.83. The smallest absolute Gasteiger partial charge is 0.250 e. The van der Waals surface area contributed by atoms with Crippen molar-refractivity contribution in [1.82, 2.24) is 4.72 Å². The number of nitrogens with one attached hydrogen (secondary N) is 2. The summed E-state index contributed by atoms with van der Waals surface area (Å²) in [6, 6.07) is 4.16. The highest BCUT2D eigenvalue weighted by atomic mass is 32.2. The van der Waals surface area contributed by atoms with Gasteiger partial charge in [-0.25, -0.2) is 13.1 Å². The minimum atomic E-state index is -3.67. The lowest BCUT2D eigenvalue weighted by Gasteiger charge is -2.14. The monoisotopic (exact) mass is 307 g/mol. The van der Waals surface area contributed by atoms with Gasteiger partial charge in [0, 0.05) is 11.2 Å². The molecule has 1 aromatic carbocycles. The van der Waals surface area contributed by atoms with E-state index in [1.54, 1.807) is 0 Å². The molecule has 21 heavy (non-hydrogen) atoms. The van der Waals surface area contributed by atoms with Crippen molar-refractivity contribution >= 4 is 21.6 Å². The fourth-order valence-corrected chi connectivity index (χ4v) is 3.36. The summed E-state index contributed by atoms with van der Waals surface area (Å²) >= 11 is 0. The van der Waals surface area contributed by atoms with Crippen molar-refractivity contribution in [3.63, 3.8) is 0 Å². The first-order valence-electron chi connectivity index (χ1n) is 6.43. The first-order chi connectivity index (χ1) is 9.77. The largest absolute Gasteiger partial charge is 0.373 e. The van der Waals surface area contributed by atoms with Gasteiger partial charge in [-0.15, -0.1) is 6.42 Å². The number of hydrogen-bond acceptors (Lipinski definition) is 4. The predicted molar refractivity (Wildman–Crippen MR) is 80.2 cm³/mol. The van der Waals surface area contributed by atoms with Crippen LogP contribution in [0.1, 0.15) is 30.1 Å². The molecule has 0 atom stereocenters. The van der Waals surface area contributed by atoms with Gasteiger partial charge in [0.2, 0.25) is 10.0 Å². The Balaban J connectivity index is 2.35. The summed E-state index contributed by atoms with van der Waals surface area (Å²) in [7, 11) is -3.67. The van der Waals surface area contributed by atoms with Crippen molar-refractivity contribution in [2.24, 2.45) is 5.73 Å². The summed E-state index contributed by atoms with van der Waals surface area (Å²) in [6.45, 7) is 2.05. The van der Waals surface area contributed by atoms with Gasteiger partial charge in [0.25, 0.3) is 5.91 Å². The molecule has 1 amide bonds. The zero-order valence-corrected chi connectivity index (χ0v) is 12.5. The van der Waals surface area contributed by atoms with Crippen molar-refractivity contribution in [3.8, 4) is 12.3 Å². The summed E-state index contributed by atoms with van der Waals surface area (Å²) in [4.78, 5) is 11.5. The van der Waals surface area contributed by atoms with E-state index in [2.05, 4.69) is 16.0 Å². The van der Waals surface area contributed by atoms with E-state index in [-0.39, 0.29) is 22.5 Å². The fourth-order valence-electron chi connectivity index (χ4n) is 1.87. The van der Waals surface area contributed by atoms with Crippen LogP contribution < -0.4 is 15.8 Å². The molecule has 0 bridgehead atoms. The quantitative estimate of drug-likeness (QED) is 0.672. The summed E-state index contributed by atoms with van der Waals surface area (Å²) in [5.74, 6) is 1.65. The van der Waals surface area contributed by atoms with Gasteiger partial charge < -0.3 is 11.1 Å². The molecule has 112 valence electrons. The summed E-state index contributed by atoms with van der Waals surface area (Å²) < 4.78 is 27.2. The number of nitrogens with two attached hydrogens (primary N) is 1. The van der Waals surface area contributed by atoms with E-state index in [0.717, 1.165) is 12.8 Å². The lowest BCUT2D eigenvalue weighted by Crippen LogP contribution is -2.34. The van der Waals surface area contributed by atoms with E-state index in [4.69, 9.17) is 12.2 Å². The first-order valence-corrected chi connectivity index (χ1v) is 7.91. The van der Waals surface area contributed by atoms with Crippen molar-refractivity contribution in [2.45, 2.75) is 30.2 Å². The number of rotatable bonds is 6. The minimum Gasteiger partial charge on any atom is -0.373 e. The molecule has 1 aliphatic rings. The van der Waals surface area contributed by atoms with E-state index < -0.39 is 15.9 Å². The lowest BCUT2D eigenvalue weighted by molar-refractivity contribution is 0.100. The van der Waals surface area contributed by atoms with Gasteiger partial charge in [-0.2, -0.15) is 0 Å². The zero-order chi connectivity index (χ0) is 15.7. The zero-order valence-electron chi connectivity index (χ0n) is 11.6. The van der Waals surface area contributed by atoms with E-state index >= 15 is 0 Å². The highest BCUT2D eigenvalue weighted by molar-refractivity contribution is 7.89. The Bertz CT molecular complexity index is 715. The van der Waals surface area contributed by atoms with Gasteiger partial charge in [0.15, 0.2) is 0 Å². The van der Waals surface area contributed by atoms with E-state index in [0.29, 0.717) is 5.69 Å². The normalized spacial score (nSPS) is 16.0. The van der Waals surface area contributed by atoms with E-state index in [9.17, 15) is 13.2 Å². The fraction of sp³-hybridized carbons (Fsp3) is 0.357. The van der Waals surface area contributed by atoms with Gasteiger partial charge in [-0.1, -0.05) is 5.92 Å². The predicted octanol–water partition coefficient (Wildman–Crippen LogP) is 0.661. The number of terminal acetylenes is 1. The molecule has 0 unspecified atom stereocenters. The maximum absolute atomic E-state index is 12.3. The molecule has 1 aromatic rings. The topological polar surface area (TPSA) is 101 Å². The number of carbonyl (C=O) groups is 1. The summed E-state index contributed by atoms with van der Waals surface area (Å²) in [6.07, 6.45) is 6.75. The Morgan fingerprint density at radius 2 is 2.14 bits per heavy atom. The van der Waals surface area contributed by atoms with Crippen LogP contribution in [-0.2, 0) is 10.0 Å². The maximum Gasteiger partial charge on any atom is 0.250 e. The third-order valence-corrected chi connectivity index (χ3v) is 4.96. The third-order valence-electron chi connectivity index (χ3n) is 3.33. The van der Waals surface area contributed by atoms with Crippen molar-refractivity contribution in [1.29, 1.82) is 0 Å². The van der Waals surface area contributed by atoms with E-state index in [1.807, 2.05) is 6.92 Å². The molecule has 1 saturated carbocycles. The molecule has 2 rings (SSSR count). The van der Waals surface area contributed by atoms with Crippen LogP contribution in [0.15, 0.2) is 23.1 Å². The molecule has 0 aliphatic heterocycles. The number of amides is 1. The molecule has 7 heteroatoms. The number of primary amides is 1. The molecule has 0 heterocycles. The second kappa shape index (κ2) is 5.39. The van der Waals surface area contributed by atoms with Crippen molar-refractivity contribution in [3.05, 3.63) is 23.8 Å². The molecule has 4 N–H and O–H groups in total. The van der Waals surface area contributed by atoms with Crippen LogP contribution in [0, 0.1) is 12.3 Å². The third kappa shape index (κ3) is 3.54. The molecule has 1 aliphatic carbocycles. The number of anilines is 1. The Labute approximate surface area is 124 Å². The van der Waals surface area contributed by atoms with Gasteiger partial charge in [0.05, 0.1) is 17.0 Å². The Kier molecular flexibility index (Phi) is 3.94. The molecule has 0 saturated heterocycles. The Morgan fingerprint density at radius 3 is 2.67 bits per heavy atom. The maximum atomic E-state index is 12.3. The molecular weight excluding hydrogens is 290 g/mol. The molecule has 6 nitrogen and oxygen atoms in total. The second-order valence-corrected chi connectivity index (χ2v) is 6.98. The molecular formula is C14H17N3O3S. The molecule has 0 aromatic heterocycles. The lowest BCUT2D eigenvalue weighted by atomic mass is 10.1. The van der Waals surface area contributed by atoms with Crippen molar-refractivity contribution in [2.75, 3.05) is 11.9 Å². The Hall–Kier alpha value is -2.04. The van der Waals surface area contributed by atoms with Gasteiger partial charge in [-0.3, -0.25) is 4.79 Å². The highest BCUT2D eigenvalue weighted by Crippen LogP contribution is 2.36. The standard InChI is InChI=1S/C14H17N3O3S/c1-3-8-16-12-5-4-10(9-11(12)13(15)18)21(19,20)17-14(2)6-7-14/h1,4-5,9,16-17H,6-8H2,2H3,(H2,15,18). The number of hydrogen-bond donors (Lipinski definition) is 3. The van der Waals surface area contributed by atoms with E-state index in [1.165, 1.54) is 18.2 Å². The molecule has 0 spiro atoms. The Morgan fingerprint density at radius 1 is 1.48 bits per heavy atom. The van der Waals surface area contributed by atoms with Gasteiger partial charge >= 0.3 is 0 Å². The SMILES string of the molecule is C#CCNc1ccc(S(=O)(=O)NC2(C)CC2)cc1C(N)=O. The van der Waals surface area contributed by atoms with Crippen LogP contribution >= 0.6 is 0 Å². The number of sulfonamides is 1. The van der Waals surface area contributed by atoms with Crippen LogP contribution in [-0.4, -0.2) is 26.4 Å².